The first-order valence-electron chi connectivity index (χ1n) is 6.09. The van der Waals surface area contributed by atoms with Crippen LogP contribution >= 0.6 is 11.6 Å². The number of nitrogens with one attached hydrogen (secondary N) is 1. The van der Waals surface area contributed by atoms with E-state index in [1.165, 1.54) is 12.4 Å². The van der Waals surface area contributed by atoms with Crippen LogP contribution in [0.3, 0.4) is 0 Å². The second-order valence-corrected chi connectivity index (χ2v) is 4.63. The fourth-order valence-corrected chi connectivity index (χ4v) is 2.04. The topological polar surface area (TPSA) is 75.1 Å². The summed E-state index contributed by atoms with van der Waals surface area (Å²) >= 11 is 5.91. The first-order valence-corrected chi connectivity index (χ1v) is 6.47. The summed E-state index contributed by atoms with van der Waals surface area (Å²) in [5.41, 5.74) is 0.991. The Kier molecular flexibility index (Phi) is 4.65. The zero-order valence-electron chi connectivity index (χ0n) is 10.8. The minimum absolute atomic E-state index is 0.231. The molecular formula is C14H14ClN3O2. The maximum Gasteiger partial charge on any atom is 0.254 e. The lowest BCUT2D eigenvalue weighted by molar-refractivity contribution is -0.130. The van der Waals surface area contributed by atoms with Crippen molar-refractivity contribution in [3.8, 4) is 0 Å². The van der Waals surface area contributed by atoms with E-state index in [2.05, 4.69) is 15.3 Å². The molecule has 1 aromatic heterocycles. The van der Waals surface area contributed by atoms with Crippen molar-refractivity contribution in [2.24, 2.45) is 0 Å². The van der Waals surface area contributed by atoms with Gasteiger partial charge in [0.15, 0.2) is 11.3 Å². The molecule has 0 aliphatic carbocycles. The summed E-state index contributed by atoms with van der Waals surface area (Å²) < 4.78 is 0. The Labute approximate surface area is 121 Å². The van der Waals surface area contributed by atoms with E-state index >= 15 is 0 Å². The predicted octanol–water partition coefficient (Wildman–Crippen LogP) is 2.04. The quantitative estimate of drug-likeness (QED) is 0.904. The van der Waals surface area contributed by atoms with Gasteiger partial charge in [-0.15, -0.1) is 0 Å². The van der Waals surface area contributed by atoms with Gasteiger partial charge in [-0.25, -0.2) is 4.98 Å². The molecular weight excluding hydrogens is 278 g/mol. The molecule has 2 rings (SSSR count). The molecule has 0 aliphatic rings. The van der Waals surface area contributed by atoms with Gasteiger partial charge in [0.2, 0.25) is 0 Å². The summed E-state index contributed by atoms with van der Waals surface area (Å²) in [4.78, 5) is 20.0. The van der Waals surface area contributed by atoms with Gasteiger partial charge in [0.05, 0.1) is 11.7 Å². The minimum atomic E-state index is -1.23. The predicted molar refractivity (Wildman–Crippen MR) is 75.0 cm³/mol. The van der Waals surface area contributed by atoms with Crippen LogP contribution in [0, 0.1) is 0 Å². The summed E-state index contributed by atoms with van der Waals surface area (Å²) in [5, 5.41) is 12.9. The molecule has 0 spiro atoms. The van der Waals surface area contributed by atoms with Gasteiger partial charge in [0, 0.05) is 12.4 Å². The van der Waals surface area contributed by atoms with E-state index in [9.17, 15) is 9.90 Å². The van der Waals surface area contributed by atoms with Crippen LogP contribution in [0.1, 0.15) is 30.3 Å². The highest BCUT2D eigenvalue weighted by Gasteiger charge is 2.21. The second kappa shape index (κ2) is 6.45. The molecule has 0 fully saturated rings. The van der Waals surface area contributed by atoms with Crippen molar-refractivity contribution >= 4 is 17.5 Å². The number of hydrogen-bond donors (Lipinski definition) is 2. The van der Waals surface area contributed by atoms with E-state index < -0.39 is 18.1 Å². The molecule has 0 radical (unpaired) electrons. The average molecular weight is 292 g/mol. The molecule has 2 N–H and O–H groups in total. The van der Waals surface area contributed by atoms with Crippen molar-refractivity contribution in [1.82, 2.24) is 15.3 Å². The first-order chi connectivity index (χ1) is 9.59. The molecule has 20 heavy (non-hydrogen) atoms. The number of carbonyl (C=O) groups excluding carboxylic acids is 1. The van der Waals surface area contributed by atoms with E-state index in [4.69, 9.17) is 11.6 Å². The average Bonchev–Trinajstić information content (AvgIpc) is 2.47. The third kappa shape index (κ3) is 3.31. The molecule has 0 aliphatic heterocycles. The largest absolute Gasteiger partial charge is 0.378 e. The Balaban J connectivity index is 2.07. The van der Waals surface area contributed by atoms with Crippen molar-refractivity contribution in [2.75, 3.05) is 0 Å². The van der Waals surface area contributed by atoms with E-state index in [0.29, 0.717) is 11.3 Å². The SMILES string of the molecule is C[C@@H](NC(=O)[C@H](O)c1ccccc1)c1nccnc1Cl. The third-order valence-corrected chi connectivity index (χ3v) is 3.10. The summed E-state index contributed by atoms with van der Waals surface area (Å²) in [6, 6.07) is 8.26. The molecule has 2 aromatic rings. The molecule has 0 saturated carbocycles. The molecule has 1 aromatic carbocycles. The number of benzene rings is 1. The molecule has 0 saturated heterocycles. The Bertz CT molecular complexity index is 592. The lowest BCUT2D eigenvalue weighted by Gasteiger charge is -2.17. The Morgan fingerprint density at radius 1 is 1.25 bits per heavy atom. The summed E-state index contributed by atoms with van der Waals surface area (Å²) in [6.45, 7) is 1.73. The number of hydrogen-bond acceptors (Lipinski definition) is 4. The normalized spacial score (nSPS) is 13.6. The fraction of sp³-hybridized carbons (Fsp3) is 0.214. The molecule has 0 unspecified atom stereocenters. The number of rotatable bonds is 4. The fourth-order valence-electron chi connectivity index (χ4n) is 1.77. The van der Waals surface area contributed by atoms with Gasteiger partial charge in [0.1, 0.15) is 0 Å². The Morgan fingerprint density at radius 3 is 2.55 bits per heavy atom. The van der Waals surface area contributed by atoms with Gasteiger partial charge in [-0.2, -0.15) is 0 Å². The van der Waals surface area contributed by atoms with Crippen LogP contribution in [-0.2, 0) is 4.79 Å². The molecule has 1 heterocycles. The van der Waals surface area contributed by atoms with Crippen LogP contribution in [0.15, 0.2) is 42.7 Å². The number of aromatic nitrogens is 2. The van der Waals surface area contributed by atoms with Gasteiger partial charge < -0.3 is 10.4 Å². The molecule has 104 valence electrons. The minimum Gasteiger partial charge on any atom is -0.378 e. The van der Waals surface area contributed by atoms with Crippen LogP contribution in [0.4, 0.5) is 0 Å². The molecule has 0 bridgehead atoms. The van der Waals surface area contributed by atoms with Crippen molar-refractivity contribution in [3.63, 3.8) is 0 Å². The van der Waals surface area contributed by atoms with Crippen molar-refractivity contribution in [2.45, 2.75) is 19.1 Å². The van der Waals surface area contributed by atoms with E-state index in [1.54, 1.807) is 31.2 Å². The summed E-state index contributed by atoms with van der Waals surface area (Å²) in [7, 11) is 0. The van der Waals surface area contributed by atoms with Crippen molar-refractivity contribution in [1.29, 1.82) is 0 Å². The highest BCUT2D eigenvalue weighted by atomic mass is 35.5. The molecule has 6 heteroatoms. The summed E-state index contributed by atoms with van der Waals surface area (Å²) in [5.74, 6) is -0.509. The van der Waals surface area contributed by atoms with E-state index in [0.717, 1.165) is 0 Å². The van der Waals surface area contributed by atoms with Gasteiger partial charge in [0.25, 0.3) is 5.91 Å². The van der Waals surface area contributed by atoms with Gasteiger partial charge >= 0.3 is 0 Å². The van der Waals surface area contributed by atoms with Crippen LogP contribution < -0.4 is 5.32 Å². The van der Waals surface area contributed by atoms with Crippen LogP contribution in [0.2, 0.25) is 5.15 Å². The maximum atomic E-state index is 12.0. The van der Waals surface area contributed by atoms with Crippen molar-refractivity contribution < 1.29 is 9.90 Å². The lowest BCUT2D eigenvalue weighted by Crippen LogP contribution is -2.32. The molecule has 2 atom stereocenters. The third-order valence-electron chi connectivity index (χ3n) is 2.81. The van der Waals surface area contributed by atoms with Crippen LogP contribution in [0.5, 0.6) is 0 Å². The van der Waals surface area contributed by atoms with Gasteiger partial charge in [-0.3, -0.25) is 9.78 Å². The zero-order valence-corrected chi connectivity index (χ0v) is 11.6. The van der Waals surface area contributed by atoms with Crippen molar-refractivity contribution in [3.05, 3.63) is 59.1 Å². The van der Waals surface area contributed by atoms with E-state index in [1.807, 2.05) is 6.07 Å². The van der Waals surface area contributed by atoms with Crippen LogP contribution in [0.25, 0.3) is 0 Å². The van der Waals surface area contributed by atoms with E-state index in [-0.39, 0.29) is 5.15 Å². The summed E-state index contributed by atoms with van der Waals surface area (Å²) in [6.07, 6.45) is 1.74. The maximum absolute atomic E-state index is 12.0. The standard InChI is InChI=1S/C14H14ClN3O2/c1-9(11-13(15)17-8-7-16-11)18-14(20)12(19)10-5-3-2-4-6-10/h2-9,12,19H,1H3,(H,18,20)/t9-,12-/m1/s1. The number of carbonyl (C=O) groups is 1. The number of halogens is 1. The van der Waals surface area contributed by atoms with Gasteiger partial charge in [-0.05, 0) is 12.5 Å². The Morgan fingerprint density at radius 2 is 1.90 bits per heavy atom. The number of aliphatic hydroxyl groups excluding tert-OH is 1. The number of nitrogens with zero attached hydrogens (tertiary/aromatic N) is 2. The van der Waals surface area contributed by atoms with Gasteiger partial charge in [-0.1, -0.05) is 41.9 Å². The number of aliphatic hydroxyl groups is 1. The highest BCUT2D eigenvalue weighted by molar-refractivity contribution is 6.30. The number of amides is 1. The smallest absolute Gasteiger partial charge is 0.254 e. The first kappa shape index (κ1) is 14.4. The highest BCUT2D eigenvalue weighted by Crippen LogP contribution is 2.19. The molecule has 1 amide bonds. The zero-order chi connectivity index (χ0) is 14.5. The second-order valence-electron chi connectivity index (χ2n) is 4.28. The lowest BCUT2D eigenvalue weighted by atomic mass is 10.1. The Hall–Kier alpha value is -1.98. The van der Waals surface area contributed by atoms with Crippen LogP contribution in [-0.4, -0.2) is 21.0 Å². The molecule has 5 nitrogen and oxygen atoms in total. The monoisotopic (exact) mass is 291 g/mol.